The molecule has 0 unspecified atom stereocenters. The Hall–Kier alpha value is -1.82. The van der Waals surface area contributed by atoms with Gasteiger partial charge in [0.25, 0.3) is 0 Å². The second-order valence-corrected chi connectivity index (χ2v) is 6.29. The van der Waals surface area contributed by atoms with Gasteiger partial charge in [0.1, 0.15) is 12.4 Å². The Balaban J connectivity index is 2.16. The third kappa shape index (κ3) is 5.59. The van der Waals surface area contributed by atoms with Crippen molar-refractivity contribution in [2.24, 2.45) is 0 Å². The molecule has 2 aromatic carbocycles. The molecule has 0 saturated heterocycles. The van der Waals surface area contributed by atoms with Gasteiger partial charge in [-0.25, -0.2) is 4.39 Å². The largest absolute Gasteiger partial charge is 0.490 e. The van der Waals surface area contributed by atoms with Gasteiger partial charge in [0.15, 0.2) is 11.5 Å². The predicted octanol–water partition coefficient (Wildman–Crippen LogP) is 4.32. The molecule has 4 nitrogen and oxygen atoms in total. The highest BCUT2D eigenvalue weighted by molar-refractivity contribution is 6.32. The Morgan fingerprint density at radius 3 is 2.62 bits per heavy atom. The average molecular weight is 382 g/mol. The molecule has 142 valence electrons. The number of benzene rings is 2. The van der Waals surface area contributed by atoms with Crippen molar-refractivity contribution in [2.75, 3.05) is 13.2 Å². The van der Waals surface area contributed by atoms with Crippen molar-refractivity contribution in [2.45, 2.75) is 39.5 Å². The van der Waals surface area contributed by atoms with E-state index >= 15 is 0 Å². The maximum Gasteiger partial charge on any atom is 0.180 e. The Labute approximate surface area is 158 Å². The molecule has 6 heteroatoms. The van der Waals surface area contributed by atoms with Crippen molar-refractivity contribution in [1.82, 2.24) is 5.32 Å². The number of ether oxygens (including phenoxy) is 2. The van der Waals surface area contributed by atoms with E-state index in [9.17, 15) is 9.50 Å². The van der Waals surface area contributed by atoms with Gasteiger partial charge in [-0.1, -0.05) is 36.7 Å². The van der Waals surface area contributed by atoms with Gasteiger partial charge in [-0.05, 0) is 37.1 Å². The van der Waals surface area contributed by atoms with Gasteiger partial charge >= 0.3 is 0 Å². The lowest BCUT2D eigenvalue weighted by atomic mass is 10.1. The molecule has 0 spiro atoms. The van der Waals surface area contributed by atoms with Crippen LogP contribution in [0.3, 0.4) is 0 Å². The van der Waals surface area contributed by atoms with Crippen LogP contribution in [0.2, 0.25) is 5.02 Å². The molecular formula is C20H25ClFNO3. The summed E-state index contributed by atoms with van der Waals surface area (Å²) in [6, 6.07) is 10.1. The van der Waals surface area contributed by atoms with E-state index in [1.165, 1.54) is 6.07 Å². The summed E-state index contributed by atoms with van der Waals surface area (Å²) in [5.41, 5.74) is 1.37. The number of rotatable bonds is 10. The summed E-state index contributed by atoms with van der Waals surface area (Å²) in [6.07, 6.45) is 0.826. The molecule has 0 amide bonds. The lowest BCUT2D eigenvalue weighted by Gasteiger charge is -2.17. The van der Waals surface area contributed by atoms with Crippen LogP contribution in [0.4, 0.5) is 4.39 Å². The highest BCUT2D eigenvalue weighted by Crippen LogP contribution is 2.37. The smallest absolute Gasteiger partial charge is 0.180 e. The Morgan fingerprint density at radius 2 is 1.96 bits per heavy atom. The van der Waals surface area contributed by atoms with E-state index in [1.807, 2.05) is 19.9 Å². The van der Waals surface area contributed by atoms with Crippen molar-refractivity contribution in [1.29, 1.82) is 0 Å². The molecule has 26 heavy (non-hydrogen) atoms. The summed E-state index contributed by atoms with van der Waals surface area (Å²) in [4.78, 5) is 0. The lowest BCUT2D eigenvalue weighted by Crippen LogP contribution is -2.31. The van der Waals surface area contributed by atoms with E-state index in [2.05, 4.69) is 5.32 Å². The monoisotopic (exact) mass is 381 g/mol. The minimum Gasteiger partial charge on any atom is -0.490 e. The summed E-state index contributed by atoms with van der Waals surface area (Å²) in [5, 5.41) is 12.9. The van der Waals surface area contributed by atoms with Gasteiger partial charge in [-0.2, -0.15) is 0 Å². The quantitative estimate of drug-likeness (QED) is 0.643. The van der Waals surface area contributed by atoms with Gasteiger partial charge in [0.05, 0.1) is 18.2 Å². The zero-order valence-electron chi connectivity index (χ0n) is 15.1. The summed E-state index contributed by atoms with van der Waals surface area (Å²) >= 11 is 6.38. The van der Waals surface area contributed by atoms with E-state index in [0.29, 0.717) is 35.2 Å². The molecule has 2 rings (SSSR count). The maximum atomic E-state index is 13.8. The molecule has 2 aromatic rings. The number of aliphatic hydroxyl groups excluding tert-OH is 1. The Morgan fingerprint density at radius 1 is 1.19 bits per heavy atom. The predicted molar refractivity (Wildman–Crippen MR) is 101 cm³/mol. The van der Waals surface area contributed by atoms with Crippen LogP contribution in [0.15, 0.2) is 36.4 Å². The zero-order valence-corrected chi connectivity index (χ0v) is 15.9. The van der Waals surface area contributed by atoms with Crippen LogP contribution >= 0.6 is 11.6 Å². The van der Waals surface area contributed by atoms with Gasteiger partial charge < -0.3 is 19.9 Å². The molecule has 0 fully saturated rings. The van der Waals surface area contributed by atoms with E-state index < -0.39 is 0 Å². The lowest BCUT2D eigenvalue weighted by molar-refractivity contribution is 0.238. The van der Waals surface area contributed by atoms with Gasteiger partial charge in [0.2, 0.25) is 0 Å². The van der Waals surface area contributed by atoms with E-state index in [0.717, 1.165) is 12.0 Å². The molecule has 2 N–H and O–H groups in total. The molecule has 0 aliphatic carbocycles. The fraction of sp³-hybridized carbons (Fsp3) is 0.400. The fourth-order valence-electron chi connectivity index (χ4n) is 2.49. The van der Waals surface area contributed by atoms with Crippen molar-refractivity contribution < 1.29 is 19.0 Å². The number of nitrogens with one attached hydrogen (secondary N) is 1. The summed E-state index contributed by atoms with van der Waals surface area (Å²) in [7, 11) is 0. The molecule has 0 aliphatic heterocycles. The van der Waals surface area contributed by atoms with Gasteiger partial charge in [-0.3, -0.25) is 0 Å². The molecule has 0 aliphatic rings. The zero-order chi connectivity index (χ0) is 18.9. The summed E-state index contributed by atoms with van der Waals surface area (Å²) < 4.78 is 25.2. The standard InChI is InChI=1S/C20H25ClFNO3/c1-3-16(12-24)23-11-14-9-17(21)20(19(10-14)25-4-2)26-13-15-7-5-6-8-18(15)22/h5-10,16,23-24H,3-4,11-13H2,1-2H3/t16-/m0/s1. The molecule has 0 aromatic heterocycles. The van der Waals surface area contributed by atoms with Gasteiger partial charge in [-0.15, -0.1) is 0 Å². The molecule has 0 saturated carbocycles. The van der Waals surface area contributed by atoms with Crippen LogP contribution < -0.4 is 14.8 Å². The second-order valence-electron chi connectivity index (χ2n) is 5.89. The first-order valence-corrected chi connectivity index (χ1v) is 9.12. The van der Waals surface area contributed by atoms with Crippen LogP contribution in [0.1, 0.15) is 31.4 Å². The molecule has 0 radical (unpaired) electrons. The van der Waals surface area contributed by atoms with Crippen LogP contribution in [-0.2, 0) is 13.2 Å². The van der Waals surface area contributed by atoms with Crippen molar-refractivity contribution in [3.8, 4) is 11.5 Å². The normalized spacial score (nSPS) is 12.0. The average Bonchev–Trinajstić information content (AvgIpc) is 2.63. The second kappa shape index (κ2) is 10.4. The third-order valence-electron chi connectivity index (χ3n) is 4.01. The van der Waals surface area contributed by atoms with Crippen molar-refractivity contribution in [3.63, 3.8) is 0 Å². The topological polar surface area (TPSA) is 50.7 Å². The first-order chi connectivity index (χ1) is 12.6. The Kier molecular flexibility index (Phi) is 8.16. The van der Waals surface area contributed by atoms with Crippen LogP contribution in [0, 0.1) is 5.82 Å². The third-order valence-corrected chi connectivity index (χ3v) is 4.29. The number of hydrogen-bond donors (Lipinski definition) is 2. The highest BCUT2D eigenvalue weighted by Gasteiger charge is 2.14. The number of halogens is 2. The SMILES string of the molecule is CCOc1cc(CN[C@@H](CC)CO)cc(Cl)c1OCc1ccccc1F. The minimum atomic E-state index is -0.322. The maximum absolute atomic E-state index is 13.8. The summed E-state index contributed by atoms with van der Waals surface area (Å²) in [6.45, 7) is 5.02. The number of hydrogen-bond acceptors (Lipinski definition) is 4. The van der Waals surface area contributed by atoms with E-state index in [1.54, 1.807) is 24.3 Å². The van der Waals surface area contributed by atoms with E-state index in [4.69, 9.17) is 21.1 Å². The first-order valence-electron chi connectivity index (χ1n) is 8.74. The highest BCUT2D eigenvalue weighted by atomic mass is 35.5. The first kappa shape index (κ1) is 20.5. The minimum absolute atomic E-state index is 0.0290. The van der Waals surface area contributed by atoms with Crippen LogP contribution in [0.5, 0.6) is 11.5 Å². The fourth-order valence-corrected chi connectivity index (χ4v) is 2.78. The molecule has 1 atom stereocenters. The van der Waals surface area contributed by atoms with E-state index in [-0.39, 0.29) is 25.1 Å². The van der Waals surface area contributed by atoms with Gasteiger partial charge in [0, 0.05) is 18.2 Å². The van der Waals surface area contributed by atoms with Crippen molar-refractivity contribution in [3.05, 3.63) is 58.4 Å². The van der Waals surface area contributed by atoms with Crippen LogP contribution in [-0.4, -0.2) is 24.4 Å². The Bertz CT molecular complexity index is 707. The van der Waals surface area contributed by atoms with Crippen molar-refractivity contribution >= 4 is 11.6 Å². The summed E-state index contributed by atoms with van der Waals surface area (Å²) in [5.74, 6) is 0.594. The molecule has 0 bridgehead atoms. The van der Waals surface area contributed by atoms with Crippen LogP contribution in [0.25, 0.3) is 0 Å². The molecular weight excluding hydrogens is 357 g/mol. The molecule has 0 heterocycles. The number of aliphatic hydroxyl groups is 1.